The fourth-order valence-corrected chi connectivity index (χ4v) is 3.58. The van der Waals surface area contributed by atoms with Crippen LogP contribution in [0.25, 0.3) is 0 Å². The maximum atomic E-state index is 11.9. The van der Waals surface area contributed by atoms with Crippen molar-refractivity contribution < 1.29 is 9.53 Å². The largest absolute Gasteiger partial charge is 0.461 e. The van der Waals surface area contributed by atoms with E-state index in [-0.39, 0.29) is 18.1 Å². The number of imidazole rings is 1. The molecule has 0 bridgehead atoms. The molecule has 0 unspecified atom stereocenters. The normalized spacial score (nSPS) is 30.4. The quantitative estimate of drug-likeness (QED) is 0.765. The van der Waals surface area contributed by atoms with E-state index < -0.39 is 0 Å². The summed E-state index contributed by atoms with van der Waals surface area (Å²) in [5, 5.41) is 0. The number of hydrogen-bond donors (Lipinski definition) is 0. The highest BCUT2D eigenvalue weighted by Crippen LogP contribution is 2.40. The maximum absolute atomic E-state index is 11.9. The van der Waals surface area contributed by atoms with E-state index >= 15 is 0 Å². The number of aromatic nitrogens is 2. The summed E-state index contributed by atoms with van der Waals surface area (Å²) < 4.78 is 7.58. The first-order valence-electron chi connectivity index (χ1n) is 7.62. The van der Waals surface area contributed by atoms with Gasteiger partial charge in [-0.3, -0.25) is 9.69 Å². The number of ether oxygens (including phenoxy) is 1. The number of hydrogen-bond acceptors (Lipinski definition) is 4. The molecule has 3 heterocycles. The molecule has 20 heavy (non-hydrogen) atoms. The maximum Gasteiger partial charge on any atom is 0.323 e. The minimum absolute atomic E-state index is 0.0552. The van der Waals surface area contributed by atoms with Gasteiger partial charge in [-0.2, -0.15) is 0 Å². The van der Waals surface area contributed by atoms with Gasteiger partial charge in [0.15, 0.2) is 0 Å². The Morgan fingerprint density at radius 1 is 1.35 bits per heavy atom. The average molecular weight is 275 g/mol. The van der Waals surface area contributed by atoms with Crippen molar-refractivity contribution in [3.8, 4) is 0 Å². The van der Waals surface area contributed by atoms with Crippen molar-refractivity contribution in [1.82, 2.24) is 14.5 Å². The summed E-state index contributed by atoms with van der Waals surface area (Å²) in [5.41, 5.74) is 2.54. The first-order valence-corrected chi connectivity index (χ1v) is 7.62. The Bertz CT molecular complexity index is 562. The number of fused-ring (bicyclic) bond motifs is 1. The zero-order chi connectivity index (χ0) is 13.9. The van der Waals surface area contributed by atoms with Crippen LogP contribution in [0.5, 0.6) is 0 Å². The lowest BCUT2D eigenvalue weighted by Gasteiger charge is -2.29. The lowest BCUT2D eigenvalue weighted by Crippen LogP contribution is -2.42. The molecule has 1 aromatic rings. The molecule has 108 valence electrons. The van der Waals surface area contributed by atoms with E-state index in [4.69, 9.17) is 9.72 Å². The highest BCUT2D eigenvalue weighted by molar-refractivity contribution is 5.78. The minimum Gasteiger partial charge on any atom is -0.461 e. The van der Waals surface area contributed by atoms with E-state index in [0.29, 0.717) is 5.92 Å². The van der Waals surface area contributed by atoms with E-state index in [0.717, 1.165) is 25.9 Å². The summed E-state index contributed by atoms with van der Waals surface area (Å²) in [6.45, 7) is 3.70. The van der Waals surface area contributed by atoms with Crippen molar-refractivity contribution in [3.63, 3.8) is 0 Å². The smallest absolute Gasteiger partial charge is 0.323 e. The minimum atomic E-state index is -0.0652. The van der Waals surface area contributed by atoms with Gasteiger partial charge in [-0.05, 0) is 19.8 Å². The van der Waals surface area contributed by atoms with Gasteiger partial charge in [0.05, 0.1) is 5.69 Å². The van der Waals surface area contributed by atoms with Gasteiger partial charge in [-0.1, -0.05) is 0 Å². The Labute approximate surface area is 118 Å². The Balaban J connectivity index is 1.57. The number of esters is 1. The first kappa shape index (κ1) is 12.4. The van der Waals surface area contributed by atoms with E-state index in [1.807, 2.05) is 6.92 Å². The van der Waals surface area contributed by atoms with Crippen molar-refractivity contribution in [3.05, 3.63) is 17.2 Å². The number of nitrogens with zero attached hydrogens (tertiary/aromatic N) is 3. The third kappa shape index (κ3) is 1.87. The van der Waals surface area contributed by atoms with Crippen LogP contribution < -0.4 is 0 Å². The molecule has 2 atom stereocenters. The molecule has 0 radical (unpaired) electrons. The third-order valence-electron chi connectivity index (χ3n) is 4.85. The molecule has 0 aromatic carbocycles. The molecule has 3 aliphatic rings. The lowest BCUT2D eigenvalue weighted by atomic mass is 10.1. The molecule has 5 nitrogen and oxygen atoms in total. The topological polar surface area (TPSA) is 47.4 Å². The second-order valence-electron chi connectivity index (χ2n) is 6.42. The van der Waals surface area contributed by atoms with Crippen molar-refractivity contribution in [2.45, 2.75) is 57.2 Å². The van der Waals surface area contributed by atoms with E-state index in [1.165, 1.54) is 30.1 Å². The first-order chi connectivity index (χ1) is 9.63. The molecular formula is C15H21N3O2. The summed E-state index contributed by atoms with van der Waals surface area (Å²) in [5.74, 6) is 1.87. The molecule has 5 heteroatoms. The van der Waals surface area contributed by atoms with Crippen LogP contribution in [0.2, 0.25) is 0 Å². The van der Waals surface area contributed by atoms with Gasteiger partial charge < -0.3 is 9.30 Å². The zero-order valence-electron chi connectivity index (χ0n) is 12.1. The summed E-state index contributed by atoms with van der Waals surface area (Å²) >= 11 is 0. The van der Waals surface area contributed by atoms with Crippen LogP contribution in [-0.4, -0.2) is 39.1 Å². The van der Waals surface area contributed by atoms with Crippen LogP contribution in [0.15, 0.2) is 0 Å². The van der Waals surface area contributed by atoms with E-state index in [2.05, 4.69) is 16.5 Å². The third-order valence-corrected chi connectivity index (χ3v) is 4.85. The summed E-state index contributed by atoms with van der Waals surface area (Å²) in [6.07, 6.45) is 4.42. The molecule has 1 aromatic heterocycles. The van der Waals surface area contributed by atoms with Gasteiger partial charge in [-0.25, -0.2) is 4.98 Å². The molecule has 1 aliphatic carbocycles. The SMILES string of the molecule is C[C@@H]1C[C@@H](N2CCc3c(nc(C4CC4)n3C)C2)C(=O)O1. The van der Waals surface area contributed by atoms with Crippen LogP contribution in [0.4, 0.5) is 0 Å². The monoisotopic (exact) mass is 275 g/mol. The highest BCUT2D eigenvalue weighted by atomic mass is 16.6. The van der Waals surface area contributed by atoms with E-state index in [1.54, 1.807) is 0 Å². The molecule has 2 fully saturated rings. The van der Waals surface area contributed by atoms with Gasteiger partial charge in [0, 0.05) is 44.6 Å². The number of carbonyl (C=O) groups is 1. The predicted octanol–water partition coefficient (Wildman–Crippen LogP) is 1.36. The number of rotatable bonds is 2. The van der Waals surface area contributed by atoms with Crippen LogP contribution >= 0.6 is 0 Å². The molecule has 0 spiro atoms. The summed E-state index contributed by atoms with van der Waals surface area (Å²) in [6, 6.07) is -0.0652. The highest BCUT2D eigenvalue weighted by Gasteiger charge is 2.39. The van der Waals surface area contributed by atoms with Gasteiger partial charge in [0.25, 0.3) is 0 Å². The van der Waals surface area contributed by atoms with Gasteiger partial charge >= 0.3 is 5.97 Å². The molecule has 1 saturated carbocycles. The fourth-order valence-electron chi connectivity index (χ4n) is 3.58. The van der Waals surface area contributed by atoms with E-state index in [9.17, 15) is 4.79 Å². The second kappa shape index (κ2) is 4.32. The standard InChI is InChI=1S/C15H21N3O2/c1-9-7-13(15(19)20-9)18-6-5-12-11(8-18)16-14(17(12)2)10-3-4-10/h9-10,13H,3-8H2,1-2H3/t9-,13-/m1/s1. The number of carbonyl (C=O) groups excluding carboxylic acids is 1. The summed E-state index contributed by atoms with van der Waals surface area (Å²) in [4.78, 5) is 19.0. The van der Waals surface area contributed by atoms with Crippen LogP contribution in [0, 0.1) is 0 Å². The average Bonchev–Trinajstić information content (AvgIpc) is 3.14. The molecular weight excluding hydrogens is 254 g/mol. The Morgan fingerprint density at radius 2 is 2.15 bits per heavy atom. The molecule has 0 N–H and O–H groups in total. The second-order valence-corrected chi connectivity index (χ2v) is 6.42. The fraction of sp³-hybridized carbons (Fsp3) is 0.733. The summed E-state index contributed by atoms with van der Waals surface area (Å²) in [7, 11) is 2.14. The Kier molecular flexibility index (Phi) is 2.67. The van der Waals surface area contributed by atoms with Gasteiger partial charge in [0.2, 0.25) is 0 Å². The predicted molar refractivity (Wildman–Crippen MR) is 73.3 cm³/mol. The van der Waals surface area contributed by atoms with Crippen LogP contribution in [0.1, 0.15) is 49.3 Å². The zero-order valence-corrected chi connectivity index (χ0v) is 12.1. The van der Waals surface area contributed by atoms with Crippen molar-refractivity contribution in [2.75, 3.05) is 6.54 Å². The Hall–Kier alpha value is -1.36. The molecule has 4 rings (SSSR count). The molecule has 1 saturated heterocycles. The van der Waals surface area contributed by atoms with Crippen molar-refractivity contribution >= 4 is 5.97 Å². The number of cyclic esters (lactones) is 1. The lowest BCUT2D eigenvalue weighted by molar-refractivity contribution is -0.145. The van der Waals surface area contributed by atoms with Gasteiger partial charge in [0.1, 0.15) is 18.0 Å². The molecule has 2 aliphatic heterocycles. The van der Waals surface area contributed by atoms with Crippen LogP contribution in [0.3, 0.4) is 0 Å². The van der Waals surface area contributed by atoms with Crippen molar-refractivity contribution in [2.24, 2.45) is 7.05 Å². The molecule has 0 amide bonds. The van der Waals surface area contributed by atoms with Gasteiger partial charge in [-0.15, -0.1) is 0 Å². The Morgan fingerprint density at radius 3 is 2.80 bits per heavy atom. The van der Waals surface area contributed by atoms with Crippen LogP contribution in [-0.2, 0) is 29.5 Å². The van der Waals surface area contributed by atoms with Crippen molar-refractivity contribution in [1.29, 1.82) is 0 Å².